The molecule has 1 unspecified atom stereocenters. The molecule has 1 aromatic carbocycles. The van der Waals surface area contributed by atoms with Crippen LogP contribution >= 0.6 is 0 Å². The number of hydrogen-bond acceptors (Lipinski definition) is 7. The average Bonchev–Trinajstić information content (AvgIpc) is 3.32. The lowest BCUT2D eigenvalue weighted by Crippen LogP contribution is -2.33. The number of ether oxygens (including phenoxy) is 2. The van der Waals surface area contributed by atoms with Crippen LogP contribution in [0, 0.1) is 6.92 Å². The third kappa shape index (κ3) is 5.95. The van der Waals surface area contributed by atoms with Gasteiger partial charge in [-0.25, -0.2) is 0 Å². The first-order valence-corrected chi connectivity index (χ1v) is 9.47. The number of methoxy groups -OCH3 is 1. The molecule has 0 radical (unpaired) electrons. The lowest BCUT2D eigenvalue weighted by Gasteiger charge is -2.20. The van der Waals surface area contributed by atoms with Crippen LogP contribution in [-0.4, -0.2) is 54.6 Å². The molecule has 1 fully saturated rings. The third-order valence-electron chi connectivity index (χ3n) is 4.63. The van der Waals surface area contributed by atoms with E-state index in [4.69, 9.17) is 14.0 Å². The van der Waals surface area contributed by atoms with E-state index in [-0.39, 0.29) is 6.61 Å². The average molecular weight is 375 g/mol. The first-order chi connectivity index (χ1) is 13.1. The van der Waals surface area contributed by atoms with Crippen LogP contribution in [0.25, 0.3) is 0 Å². The Morgan fingerprint density at radius 1 is 1.22 bits per heavy atom. The van der Waals surface area contributed by atoms with Crippen LogP contribution in [0.3, 0.4) is 0 Å². The maximum Gasteiger partial charge on any atom is 0.161 e. The molecule has 2 aromatic rings. The summed E-state index contributed by atoms with van der Waals surface area (Å²) in [5.74, 6) is 2.12. The van der Waals surface area contributed by atoms with Gasteiger partial charge in [0.2, 0.25) is 0 Å². The molecule has 148 valence electrons. The zero-order chi connectivity index (χ0) is 19.1. The van der Waals surface area contributed by atoms with E-state index in [2.05, 4.69) is 15.4 Å². The number of rotatable bonds is 10. The Bertz CT molecular complexity index is 713. The summed E-state index contributed by atoms with van der Waals surface area (Å²) in [6.07, 6.45) is 1.91. The molecule has 2 N–H and O–H groups in total. The fourth-order valence-electron chi connectivity index (χ4n) is 3.28. The second-order valence-electron chi connectivity index (χ2n) is 7.00. The van der Waals surface area contributed by atoms with Crippen LogP contribution in [-0.2, 0) is 13.1 Å². The SMILES string of the molecule is COc1ccc(CNCc2cc(C)no2)cc1OCC(O)CN1CCCC1. The summed E-state index contributed by atoms with van der Waals surface area (Å²) in [5.41, 5.74) is 1.94. The highest BCUT2D eigenvalue weighted by Gasteiger charge is 2.17. The zero-order valence-corrected chi connectivity index (χ0v) is 16.1. The second-order valence-corrected chi connectivity index (χ2v) is 7.00. The molecule has 1 aromatic heterocycles. The number of aromatic nitrogens is 1. The molecule has 7 nitrogen and oxygen atoms in total. The monoisotopic (exact) mass is 375 g/mol. The van der Waals surface area contributed by atoms with Gasteiger partial charge in [-0.05, 0) is 50.6 Å². The second kappa shape index (κ2) is 9.73. The molecular weight excluding hydrogens is 346 g/mol. The van der Waals surface area contributed by atoms with E-state index < -0.39 is 6.10 Å². The van der Waals surface area contributed by atoms with Gasteiger partial charge in [0, 0.05) is 19.2 Å². The minimum Gasteiger partial charge on any atom is -0.493 e. The lowest BCUT2D eigenvalue weighted by molar-refractivity contribution is 0.0746. The zero-order valence-electron chi connectivity index (χ0n) is 16.1. The Hall–Kier alpha value is -2.09. The van der Waals surface area contributed by atoms with Crippen LogP contribution in [0.4, 0.5) is 0 Å². The van der Waals surface area contributed by atoms with Crippen molar-refractivity contribution in [2.24, 2.45) is 0 Å². The fraction of sp³-hybridized carbons (Fsp3) is 0.550. The van der Waals surface area contributed by atoms with Gasteiger partial charge in [0.1, 0.15) is 12.7 Å². The summed E-state index contributed by atoms with van der Waals surface area (Å²) in [6, 6.07) is 7.74. The number of nitrogens with zero attached hydrogens (tertiary/aromatic N) is 2. The van der Waals surface area contributed by atoms with Crippen molar-refractivity contribution in [2.45, 2.75) is 39.0 Å². The molecule has 0 aliphatic carbocycles. The van der Waals surface area contributed by atoms with E-state index in [0.717, 1.165) is 30.1 Å². The molecule has 3 rings (SSSR count). The Morgan fingerprint density at radius 3 is 2.74 bits per heavy atom. The molecule has 2 heterocycles. The molecule has 27 heavy (non-hydrogen) atoms. The Morgan fingerprint density at radius 2 is 2.04 bits per heavy atom. The third-order valence-corrected chi connectivity index (χ3v) is 4.63. The van der Waals surface area contributed by atoms with Gasteiger partial charge in [-0.15, -0.1) is 0 Å². The van der Waals surface area contributed by atoms with Gasteiger partial charge < -0.3 is 29.3 Å². The number of nitrogens with one attached hydrogen (secondary N) is 1. The van der Waals surface area contributed by atoms with Gasteiger partial charge in [-0.1, -0.05) is 11.2 Å². The number of hydrogen-bond donors (Lipinski definition) is 2. The fourth-order valence-corrected chi connectivity index (χ4v) is 3.28. The molecular formula is C20H29N3O4. The first-order valence-electron chi connectivity index (χ1n) is 9.47. The number of likely N-dealkylation sites (tertiary alicyclic amines) is 1. The van der Waals surface area contributed by atoms with Crippen LogP contribution in [0.2, 0.25) is 0 Å². The van der Waals surface area contributed by atoms with Crippen molar-refractivity contribution in [3.8, 4) is 11.5 Å². The van der Waals surface area contributed by atoms with Crippen molar-refractivity contribution >= 4 is 0 Å². The van der Waals surface area contributed by atoms with Gasteiger partial charge in [0.05, 0.1) is 19.3 Å². The molecule has 0 bridgehead atoms. The maximum absolute atomic E-state index is 10.2. The van der Waals surface area contributed by atoms with Crippen molar-refractivity contribution in [2.75, 3.05) is 33.4 Å². The van der Waals surface area contributed by atoms with Crippen LogP contribution in [0.5, 0.6) is 11.5 Å². The maximum atomic E-state index is 10.2. The number of aliphatic hydroxyl groups excluding tert-OH is 1. The molecule has 0 saturated carbocycles. The number of β-amino-alcohol motifs (C(OH)–C–C–N with tert-alkyl or cyclic N) is 1. The predicted molar refractivity (Wildman–Crippen MR) is 102 cm³/mol. The van der Waals surface area contributed by atoms with Gasteiger partial charge in [0.15, 0.2) is 17.3 Å². The predicted octanol–water partition coefficient (Wildman–Crippen LogP) is 2.12. The van der Waals surface area contributed by atoms with Gasteiger partial charge >= 0.3 is 0 Å². The summed E-state index contributed by atoms with van der Waals surface area (Å²) in [6.45, 7) is 6.20. The summed E-state index contributed by atoms with van der Waals surface area (Å²) in [5, 5.41) is 17.4. The smallest absolute Gasteiger partial charge is 0.161 e. The number of aliphatic hydroxyl groups is 1. The largest absolute Gasteiger partial charge is 0.493 e. The molecule has 1 saturated heterocycles. The Balaban J connectivity index is 1.51. The molecule has 0 spiro atoms. The first kappa shape index (κ1) is 19.7. The quantitative estimate of drug-likeness (QED) is 0.658. The van der Waals surface area contributed by atoms with E-state index >= 15 is 0 Å². The van der Waals surface area contributed by atoms with Crippen LogP contribution in [0.1, 0.15) is 29.9 Å². The Labute approximate surface area is 160 Å². The van der Waals surface area contributed by atoms with Gasteiger partial charge in [-0.3, -0.25) is 0 Å². The Kier molecular flexibility index (Phi) is 7.09. The van der Waals surface area contributed by atoms with Crippen molar-refractivity contribution in [1.29, 1.82) is 0 Å². The number of aryl methyl sites for hydroxylation is 1. The normalized spacial score (nSPS) is 15.8. The van der Waals surface area contributed by atoms with Crippen LogP contribution < -0.4 is 14.8 Å². The van der Waals surface area contributed by atoms with E-state index in [9.17, 15) is 5.11 Å². The van der Waals surface area contributed by atoms with Gasteiger partial charge in [-0.2, -0.15) is 0 Å². The lowest BCUT2D eigenvalue weighted by atomic mass is 10.2. The summed E-state index contributed by atoms with van der Waals surface area (Å²) in [4.78, 5) is 2.27. The van der Waals surface area contributed by atoms with E-state index in [1.807, 2.05) is 31.2 Å². The summed E-state index contributed by atoms with van der Waals surface area (Å²) >= 11 is 0. The van der Waals surface area contributed by atoms with Crippen molar-refractivity contribution in [1.82, 2.24) is 15.4 Å². The van der Waals surface area contributed by atoms with Crippen molar-refractivity contribution < 1.29 is 19.1 Å². The topological polar surface area (TPSA) is 80.0 Å². The van der Waals surface area contributed by atoms with E-state index in [1.165, 1.54) is 12.8 Å². The summed E-state index contributed by atoms with van der Waals surface area (Å²) in [7, 11) is 1.62. The molecule has 1 aliphatic heterocycles. The van der Waals surface area contributed by atoms with E-state index in [1.54, 1.807) is 7.11 Å². The van der Waals surface area contributed by atoms with E-state index in [0.29, 0.717) is 31.1 Å². The van der Waals surface area contributed by atoms with Crippen molar-refractivity contribution in [3.05, 3.63) is 41.3 Å². The highest BCUT2D eigenvalue weighted by molar-refractivity contribution is 5.43. The molecule has 1 aliphatic rings. The van der Waals surface area contributed by atoms with Crippen LogP contribution in [0.15, 0.2) is 28.8 Å². The molecule has 1 atom stereocenters. The molecule has 7 heteroatoms. The minimum atomic E-state index is -0.510. The van der Waals surface area contributed by atoms with Crippen molar-refractivity contribution in [3.63, 3.8) is 0 Å². The minimum absolute atomic E-state index is 0.251. The van der Waals surface area contributed by atoms with Gasteiger partial charge in [0.25, 0.3) is 0 Å². The highest BCUT2D eigenvalue weighted by Crippen LogP contribution is 2.28. The summed E-state index contributed by atoms with van der Waals surface area (Å²) < 4.78 is 16.4. The number of benzene rings is 1. The molecule has 0 amide bonds. The highest BCUT2D eigenvalue weighted by atomic mass is 16.5. The standard InChI is InChI=1S/C20H29N3O4/c1-15-9-18(27-22-15)12-21-11-16-5-6-19(25-2)20(10-16)26-14-17(24)13-23-7-3-4-8-23/h5-6,9-10,17,21,24H,3-4,7-8,11-14H2,1-2H3.